The number of methoxy groups -OCH3 is 1. The predicted octanol–water partition coefficient (Wildman–Crippen LogP) is 2.65. The molecule has 2 rings (SSSR count). The second kappa shape index (κ2) is 7.82. The van der Waals surface area contributed by atoms with Crippen LogP contribution in [0.2, 0.25) is 0 Å². The van der Waals surface area contributed by atoms with Crippen molar-refractivity contribution in [2.45, 2.75) is 12.7 Å². The molecule has 1 aromatic carbocycles. The summed E-state index contributed by atoms with van der Waals surface area (Å²) in [4.78, 5) is 11.6. The normalized spacial score (nSPS) is 12.0. The molecule has 0 fully saturated rings. The van der Waals surface area contributed by atoms with E-state index in [1.165, 1.54) is 7.11 Å². The van der Waals surface area contributed by atoms with Crippen LogP contribution in [0.3, 0.4) is 0 Å². The minimum absolute atomic E-state index is 0.114. The van der Waals surface area contributed by atoms with E-state index in [0.29, 0.717) is 17.9 Å². The third-order valence-corrected chi connectivity index (χ3v) is 2.87. The quantitative estimate of drug-likeness (QED) is 0.723. The zero-order chi connectivity index (χ0) is 17.6. The maximum Gasteiger partial charge on any atom is 0.437 e. The lowest BCUT2D eigenvalue weighted by Gasteiger charge is -2.04. The molecule has 0 spiro atoms. The van der Waals surface area contributed by atoms with Crippen LogP contribution in [-0.2, 0) is 11.3 Å². The molecule has 6 nitrogen and oxygen atoms in total. The van der Waals surface area contributed by atoms with Crippen molar-refractivity contribution in [3.8, 4) is 17.2 Å². The van der Waals surface area contributed by atoms with Crippen LogP contribution in [0.1, 0.15) is 0 Å². The molecular weight excluding hydrogens is 329 g/mol. The molecule has 0 unspecified atom stereocenters. The third-order valence-electron chi connectivity index (χ3n) is 2.87. The van der Waals surface area contributed by atoms with Gasteiger partial charge in [-0.2, -0.15) is 17.9 Å². The van der Waals surface area contributed by atoms with Crippen molar-refractivity contribution in [3.05, 3.63) is 47.0 Å². The molecule has 0 bridgehead atoms. The summed E-state index contributed by atoms with van der Waals surface area (Å²) in [6.07, 6.45) is -3.36. The van der Waals surface area contributed by atoms with Crippen LogP contribution in [0.5, 0.6) is 5.75 Å². The van der Waals surface area contributed by atoms with Gasteiger partial charge in [0.1, 0.15) is 12.4 Å². The molecule has 130 valence electrons. The molecule has 1 heterocycles. The highest BCUT2D eigenvalue weighted by Gasteiger charge is 2.21. The third kappa shape index (κ3) is 5.27. The van der Waals surface area contributed by atoms with E-state index in [1.807, 2.05) is 0 Å². The van der Waals surface area contributed by atoms with Crippen molar-refractivity contribution >= 4 is 0 Å². The number of nitrogens with zero attached hydrogens (tertiary/aromatic N) is 2. The van der Waals surface area contributed by atoms with E-state index in [4.69, 9.17) is 13.9 Å². The molecule has 1 aromatic heterocycles. The Morgan fingerprint density at radius 2 is 2.00 bits per heavy atom. The van der Waals surface area contributed by atoms with Gasteiger partial charge >= 0.3 is 11.9 Å². The number of hydrogen-bond acceptors (Lipinski definition) is 5. The Balaban J connectivity index is 1.99. The Bertz CT molecular complexity index is 732. The predicted molar refractivity (Wildman–Crippen MR) is 78.8 cm³/mol. The van der Waals surface area contributed by atoms with Gasteiger partial charge in [-0.3, -0.25) is 0 Å². The number of rotatable bonds is 7. The number of ether oxygens (including phenoxy) is 2. The Hall–Kier alpha value is -2.55. The van der Waals surface area contributed by atoms with Crippen LogP contribution in [-0.4, -0.2) is 36.3 Å². The van der Waals surface area contributed by atoms with E-state index in [0.717, 1.165) is 10.8 Å². The standard InChI is InChI=1S/C15H15F3N2O4/c1-22-10-8-20-14(21)24-13(19-20)11-3-5-12(6-4-11)23-9-2-7-15(16,17)18/h2-7H,8-10H2,1H3/b7-2+. The van der Waals surface area contributed by atoms with Crippen LogP contribution in [0.15, 0.2) is 45.6 Å². The summed E-state index contributed by atoms with van der Waals surface area (Å²) in [5, 5.41) is 4.03. The van der Waals surface area contributed by atoms with Crippen LogP contribution >= 0.6 is 0 Å². The number of alkyl halides is 3. The van der Waals surface area contributed by atoms with Gasteiger partial charge in [0.2, 0.25) is 5.89 Å². The summed E-state index contributed by atoms with van der Waals surface area (Å²) >= 11 is 0. The van der Waals surface area contributed by atoms with Gasteiger partial charge in [0.25, 0.3) is 0 Å². The van der Waals surface area contributed by atoms with Gasteiger partial charge in [-0.1, -0.05) is 0 Å². The van der Waals surface area contributed by atoms with E-state index in [2.05, 4.69) is 5.10 Å². The molecule has 0 aliphatic carbocycles. The average Bonchev–Trinajstić information content (AvgIpc) is 2.90. The van der Waals surface area contributed by atoms with Gasteiger partial charge in [-0.25, -0.2) is 4.79 Å². The largest absolute Gasteiger partial charge is 0.490 e. The maximum atomic E-state index is 11.9. The zero-order valence-electron chi connectivity index (χ0n) is 12.7. The lowest BCUT2D eigenvalue weighted by atomic mass is 10.2. The Morgan fingerprint density at radius 1 is 1.29 bits per heavy atom. The maximum absolute atomic E-state index is 11.9. The van der Waals surface area contributed by atoms with Crippen molar-refractivity contribution in [1.82, 2.24) is 9.78 Å². The first kappa shape index (κ1) is 17.8. The summed E-state index contributed by atoms with van der Waals surface area (Å²) in [5.74, 6) is -0.0778. The van der Waals surface area contributed by atoms with Gasteiger partial charge < -0.3 is 13.9 Å². The molecule has 0 saturated heterocycles. The van der Waals surface area contributed by atoms with E-state index in [9.17, 15) is 18.0 Å². The molecule has 2 aromatic rings. The summed E-state index contributed by atoms with van der Waals surface area (Å²) in [6, 6.07) is 6.28. The number of aromatic nitrogens is 2. The van der Waals surface area contributed by atoms with Crippen molar-refractivity contribution in [3.63, 3.8) is 0 Å². The summed E-state index contributed by atoms with van der Waals surface area (Å²) in [6.45, 7) is 0.384. The number of allylic oxidation sites excluding steroid dienone is 1. The van der Waals surface area contributed by atoms with Crippen molar-refractivity contribution in [2.75, 3.05) is 20.3 Å². The van der Waals surface area contributed by atoms with Crippen LogP contribution in [0.4, 0.5) is 13.2 Å². The van der Waals surface area contributed by atoms with E-state index in [1.54, 1.807) is 24.3 Å². The van der Waals surface area contributed by atoms with Gasteiger partial charge in [-0.05, 0) is 30.3 Å². The molecule has 0 atom stereocenters. The molecule has 0 radical (unpaired) electrons. The van der Waals surface area contributed by atoms with Crippen LogP contribution < -0.4 is 10.5 Å². The van der Waals surface area contributed by atoms with E-state index in [-0.39, 0.29) is 25.1 Å². The Labute approximate surface area is 135 Å². The first-order valence-electron chi connectivity index (χ1n) is 6.93. The monoisotopic (exact) mass is 344 g/mol. The molecule has 0 N–H and O–H groups in total. The first-order valence-corrected chi connectivity index (χ1v) is 6.93. The highest BCUT2D eigenvalue weighted by atomic mass is 19.4. The average molecular weight is 344 g/mol. The molecule has 0 amide bonds. The molecule has 24 heavy (non-hydrogen) atoms. The number of halogens is 3. The smallest absolute Gasteiger partial charge is 0.437 e. The zero-order valence-corrected chi connectivity index (χ0v) is 12.7. The summed E-state index contributed by atoms with van der Waals surface area (Å²) in [7, 11) is 1.51. The molecule has 0 saturated carbocycles. The van der Waals surface area contributed by atoms with Crippen molar-refractivity contribution < 1.29 is 27.1 Å². The van der Waals surface area contributed by atoms with Crippen molar-refractivity contribution in [2.24, 2.45) is 0 Å². The molecule has 9 heteroatoms. The topological polar surface area (TPSA) is 66.5 Å². The highest BCUT2D eigenvalue weighted by molar-refractivity contribution is 5.53. The van der Waals surface area contributed by atoms with Gasteiger partial charge in [0, 0.05) is 18.7 Å². The molecule has 0 aliphatic rings. The van der Waals surface area contributed by atoms with Gasteiger partial charge in [-0.15, -0.1) is 5.10 Å². The van der Waals surface area contributed by atoms with Crippen LogP contribution in [0.25, 0.3) is 11.5 Å². The molecular formula is C15H15F3N2O4. The minimum atomic E-state index is -4.35. The first-order chi connectivity index (χ1) is 11.4. The fraction of sp³-hybridized carbons (Fsp3) is 0.333. The lowest BCUT2D eigenvalue weighted by molar-refractivity contribution is -0.0801. The Morgan fingerprint density at radius 3 is 2.62 bits per heavy atom. The summed E-state index contributed by atoms with van der Waals surface area (Å²) < 4.78 is 52.0. The fourth-order valence-corrected chi connectivity index (χ4v) is 1.76. The SMILES string of the molecule is COCCn1nc(-c2ccc(OC/C=C/C(F)(F)F)cc2)oc1=O. The van der Waals surface area contributed by atoms with Crippen LogP contribution in [0, 0.1) is 0 Å². The second-order valence-corrected chi connectivity index (χ2v) is 4.67. The fourth-order valence-electron chi connectivity index (χ4n) is 1.76. The minimum Gasteiger partial charge on any atom is -0.490 e. The summed E-state index contributed by atoms with van der Waals surface area (Å²) in [5.41, 5.74) is 0.543. The number of benzene rings is 1. The van der Waals surface area contributed by atoms with Crippen molar-refractivity contribution in [1.29, 1.82) is 0 Å². The Kier molecular flexibility index (Phi) is 5.80. The lowest BCUT2D eigenvalue weighted by Crippen LogP contribution is -2.18. The van der Waals surface area contributed by atoms with Gasteiger partial charge in [0.05, 0.1) is 13.2 Å². The molecule has 0 aliphatic heterocycles. The highest BCUT2D eigenvalue weighted by Crippen LogP contribution is 2.20. The van der Waals surface area contributed by atoms with Gasteiger partial charge in [0.15, 0.2) is 0 Å². The van der Waals surface area contributed by atoms with E-state index < -0.39 is 11.9 Å². The van der Waals surface area contributed by atoms with E-state index >= 15 is 0 Å². The second-order valence-electron chi connectivity index (χ2n) is 4.67. The number of hydrogen-bond donors (Lipinski definition) is 0.